The lowest BCUT2D eigenvalue weighted by molar-refractivity contribution is -0.141. The summed E-state index contributed by atoms with van der Waals surface area (Å²) in [5, 5.41) is 10.5. The predicted octanol–water partition coefficient (Wildman–Crippen LogP) is 6.14. The number of rotatable bonds is 7. The van der Waals surface area contributed by atoms with Crippen LogP contribution in [-0.2, 0) is 18.0 Å². The fourth-order valence-corrected chi connectivity index (χ4v) is 5.11. The average molecular weight is 580 g/mol. The Morgan fingerprint density at radius 3 is 2.55 bits per heavy atom. The van der Waals surface area contributed by atoms with Gasteiger partial charge in [0.25, 0.3) is 0 Å². The van der Waals surface area contributed by atoms with Crippen LogP contribution in [0.25, 0.3) is 22.6 Å². The normalized spacial score (nSPS) is 15.6. The van der Waals surface area contributed by atoms with Gasteiger partial charge in [-0.1, -0.05) is 12.1 Å². The zero-order valence-corrected chi connectivity index (χ0v) is 23.1. The summed E-state index contributed by atoms with van der Waals surface area (Å²) < 4.78 is 55.5. The van der Waals surface area contributed by atoms with Crippen LogP contribution in [0.4, 0.5) is 36.2 Å². The van der Waals surface area contributed by atoms with Gasteiger partial charge >= 0.3 is 6.18 Å². The number of nitrogens with zero attached hydrogens (tertiary/aromatic N) is 7. The van der Waals surface area contributed by atoms with Gasteiger partial charge in [-0.15, -0.1) is 0 Å². The van der Waals surface area contributed by atoms with Crippen LogP contribution in [0.5, 0.6) is 5.75 Å². The fourth-order valence-electron chi connectivity index (χ4n) is 5.11. The minimum Gasteiger partial charge on any atom is -0.494 e. The highest BCUT2D eigenvalue weighted by Crippen LogP contribution is 2.39. The number of fused-ring (bicyclic) bond motifs is 1. The molecule has 1 unspecified atom stereocenters. The molecule has 11 nitrogen and oxygen atoms in total. The van der Waals surface area contributed by atoms with Crippen LogP contribution in [0.3, 0.4) is 0 Å². The highest BCUT2D eigenvalue weighted by Gasteiger charge is 2.32. The number of pyridine rings is 2. The van der Waals surface area contributed by atoms with Crippen LogP contribution in [0.15, 0.2) is 48.8 Å². The van der Waals surface area contributed by atoms with Crippen LogP contribution in [0.2, 0.25) is 0 Å². The third kappa shape index (κ3) is 5.20. The fraction of sp³-hybridized carbons (Fsp3) is 0.321. The zero-order valence-electron chi connectivity index (χ0n) is 23.1. The number of methoxy groups -OCH3 is 1. The van der Waals surface area contributed by atoms with E-state index in [9.17, 15) is 13.2 Å². The first-order chi connectivity index (χ1) is 20.2. The van der Waals surface area contributed by atoms with Gasteiger partial charge < -0.3 is 20.1 Å². The minimum atomic E-state index is -4.58. The van der Waals surface area contributed by atoms with Crippen LogP contribution >= 0.6 is 0 Å². The van der Waals surface area contributed by atoms with Gasteiger partial charge in [0.15, 0.2) is 17.2 Å². The Kier molecular flexibility index (Phi) is 7.14. The van der Waals surface area contributed by atoms with E-state index < -0.39 is 11.9 Å². The molecule has 1 saturated heterocycles. The lowest BCUT2D eigenvalue weighted by Gasteiger charge is -2.25. The quantitative estimate of drug-likeness (QED) is 0.234. The van der Waals surface area contributed by atoms with Crippen molar-refractivity contribution in [3.05, 3.63) is 60.3 Å². The smallest absolute Gasteiger partial charge is 0.433 e. The highest BCUT2D eigenvalue weighted by molar-refractivity contribution is 5.92. The van der Waals surface area contributed by atoms with Crippen molar-refractivity contribution < 1.29 is 22.6 Å². The molecule has 1 aliphatic heterocycles. The molecule has 1 fully saturated rings. The molecule has 4 aromatic heterocycles. The first-order valence-electron chi connectivity index (χ1n) is 13.3. The van der Waals surface area contributed by atoms with Crippen molar-refractivity contribution in [2.45, 2.75) is 38.6 Å². The Balaban J connectivity index is 1.47. The first-order valence-corrected chi connectivity index (χ1v) is 13.3. The van der Waals surface area contributed by atoms with Gasteiger partial charge in [0.2, 0.25) is 0 Å². The van der Waals surface area contributed by atoms with E-state index >= 15 is 0 Å². The molecule has 0 spiro atoms. The third-order valence-corrected chi connectivity index (χ3v) is 7.00. The van der Waals surface area contributed by atoms with Gasteiger partial charge in [-0.05, 0) is 50.5 Å². The summed E-state index contributed by atoms with van der Waals surface area (Å²) in [5.74, 6) is 2.11. The largest absolute Gasteiger partial charge is 0.494 e. The second-order valence-electron chi connectivity index (χ2n) is 9.83. The van der Waals surface area contributed by atoms with E-state index in [1.165, 1.54) is 18.5 Å². The Morgan fingerprint density at radius 2 is 1.83 bits per heavy atom. The number of nitrogens with one attached hydrogen (secondary N) is 2. The molecule has 1 aliphatic rings. The minimum absolute atomic E-state index is 0.00110. The molecule has 5 aromatic rings. The van der Waals surface area contributed by atoms with Gasteiger partial charge in [-0.25, -0.2) is 24.6 Å². The lowest BCUT2D eigenvalue weighted by Crippen LogP contribution is -2.19. The molecule has 1 aromatic carbocycles. The molecule has 1 atom stereocenters. The Hall–Kier alpha value is -4.72. The summed E-state index contributed by atoms with van der Waals surface area (Å²) in [6.07, 6.45) is -0.633. The first kappa shape index (κ1) is 27.4. The molecule has 14 heteroatoms. The average Bonchev–Trinajstić information content (AvgIpc) is 3.55. The number of ether oxygens (including phenoxy) is 2. The zero-order chi connectivity index (χ0) is 29.4. The van der Waals surface area contributed by atoms with Crippen LogP contribution in [0, 0.1) is 6.92 Å². The topological polar surface area (TPSA) is 117 Å². The molecule has 0 bridgehead atoms. The monoisotopic (exact) mass is 579 g/mol. The van der Waals surface area contributed by atoms with Crippen LogP contribution in [0.1, 0.15) is 37.0 Å². The van der Waals surface area contributed by atoms with Gasteiger partial charge in [0, 0.05) is 19.7 Å². The van der Waals surface area contributed by atoms with E-state index in [0.29, 0.717) is 46.5 Å². The van der Waals surface area contributed by atoms with Crippen molar-refractivity contribution in [1.82, 2.24) is 34.3 Å². The molecule has 0 saturated carbocycles. The van der Waals surface area contributed by atoms with E-state index in [1.54, 1.807) is 24.9 Å². The number of hydrogen-bond donors (Lipinski definition) is 2. The molecule has 0 amide bonds. The number of halogens is 3. The number of imidazole rings is 1. The second kappa shape index (κ2) is 10.9. The summed E-state index contributed by atoms with van der Waals surface area (Å²) in [4.78, 5) is 17.7. The van der Waals surface area contributed by atoms with Crippen molar-refractivity contribution >= 4 is 34.2 Å². The summed E-state index contributed by atoms with van der Waals surface area (Å²) >= 11 is 0. The highest BCUT2D eigenvalue weighted by atomic mass is 19.4. The molecule has 6 rings (SSSR count). The Labute approximate surface area is 238 Å². The van der Waals surface area contributed by atoms with Crippen molar-refractivity contribution in [1.29, 1.82) is 0 Å². The van der Waals surface area contributed by atoms with Gasteiger partial charge in [0.05, 0.1) is 24.0 Å². The molecule has 2 N–H and O–H groups in total. The van der Waals surface area contributed by atoms with Crippen molar-refractivity contribution in [2.75, 3.05) is 24.4 Å². The SMILES string of the molecule is COc1c(Nc2cc(Nc3cccc(C(F)(F)F)n3)nc3c2nc(C)n3C2CCCCO2)cccc1-c1ncnn1C. The maximum Gasteiger partial charge on any atom is 0.433 e. The molecule has 5 heterocycles. The second-order valence-corrected chi connectivity index (χ2v) is 9.83. The summed E-state index contributed by atoms with van der Waals surface area (Å²) in [6.45, 7) is 2.49. The number of aromatic nitrogens is 7. The number of para-hydroxylation sites is 1. The maximum atomic E-state index is 13.4. The number of alkyl halides is 3. The van der Waals surface area contributed by atoms with E-state index in [-0.39, 0.29) is 17.9 Å². The molecule has 0 radical (unpaired) electrons. The van der Waals surface area contributed by atoms with Crippen molar-refractivity contribution in [3.8, 4) is 17.1 Å². The third-order valence-electron chi connectivity index (χ3n) is 7.00. The molecule has 42 heavy (non-hydrogen) atoms. The molecule has 0 aliphatic carbocycles. The summed E-state index contributed by atoms with van der Waals surface area (Å²) in [5.41, 5.74) is 1.97. The lowest BCUT2D eigenvalue weighted by atomic mass is 10.1. The van der Waals surface area contributed by atoms with Gasteiger partial charge in [-0.2, -0.15) is 18.3 Å². The van der Waals surface area contributed by atoms with E-state index in [2.05, 4.69) is 25.7 Å². The molecule has 218 valence electrons. The molecular formula is C28H28F3N9O2. The summed E-state index contributed by atoms with van der Waals surface area (Å²) in [6, 6.07) is 10.9. The van der Waals surface area contributed by atoms with E-state index in [4.69, 9.17) is 19.4 Å². The van der Waals surface area contributed by atoms with E-state index in [0.717, 1.165) is 30.9 Å². The maximum absolute atomic E-state index is 13.4. The molecular weight excluding hydrogens is 551 g/mol. The number of aryl methyl sites for hydroxylation is 2. The summed E-state index contributed by atoms with van der Waals surface area (Å²) in [7, 11) is 3.35. The Bertz CT molecular complexity index is 1740. The number of benzene rings is 1. The standard InChI is InChI=1S/C28H28F3N9O2/c1-16-34-24-19(35-18-9-6-8-17(25(18)41-3)26-32-15-33-39(26)2)14-22(37-21-11-7-10-20(36-21)28(29,30)31)38-27(24)40(16)23-12-4-5-13-42-23/h6-11,14-15,23H,4-5,12-13H2,1-3H3,(H2,35,36,37,38). The van der Waals surface area contributed by atoms with E-state index in [1.807, 2.05) is 29.7 Å². The number of anilines is 4. The van der Waals surface area contributed by atoms with Gasteiger partial charge in [-0.3, -0.25) is 4.57 Å². The van der Waals surface area contributed by atoms with Crippen LogP contribution < -0.4 is 15.4 Å². The van der Waals surface area contributed by atoms with Crippen molar-refractivity contribution in [3.63, 3.8) is 0 Å². The predicted molar refractivity (Wildman–Crippen MR) is 150 cm³/mol. The number of hydrogen-bond acceptors (Lipinski definition) is 9. The van der Waals surface area contributed by atoms with Gasteiger partial charge in [0.1, 0.15) is 41.2 Å². The van der Waals surface area contributed by atoms with Crippen LogP contribution in [-0.4, -0.2) is 48.0 Å². The van der Waals surface area contributed by atoms with Crippen molar-refractivity contribution in [2.24, 2.45) is 7.05 Å². The Morgan fingerprint density at radius 1 is 1.00 bits per heavy atom.